The average molecular weight is 152 g/mol. The smallest absolute Gasteiger partial charge is 0.297 e. The molecule has 2 rings (SSSR count). The second-order valence-electron chi connectivity index (χ2n) is 2.26. The third-order valence-corrected chi connectivity index (χ3v) is 1.52. The van der Waals surface area contributed by atoms with Crippen molar-refractivity contribution in [3.63, 3.8) is 0 Å². The fourth-order valence-corrected chi connectivity index (χ4v) is 1.01. The number of aromatic nitrogens is 1. The Balaban J connectivity index is 2.72. The molecule has 0 saturated carbocycles. The second-order valence-corrected chi connectivity index (χ2v) is 2.26. The van der Waals surface area contributed by atoms with Crippen molar-refractivity contribution in [3.8, 4) is 0 Å². The SMILES string of the molecule is Cc1noc2c1C(=O)NC2=O. The number of amides is 2. The van der Waals surface area contributed by atoms with Gasteiger partial charge in [0.2, 0.25) is 5.76 Å². The summed E-state index contributed by atoms with van der Waals surface area (Å²) < 4.78 is 4.61. The molecule has 1 aromatic heterocycles. The number of carbonyl (C=O) groups is 2. The van der Waals surface area contributed by atoms with E-state index in [-0.39, 0.29) is 11.3 Å². The van der Waals surface area contributed by atoms with Crippen LogP contribution in [0.5, 0.6) is 0 Å². The molecule has 0 radical (unpaired) electrons. The number of nitrogens with zero attached hydrogens (tertiary/aromatic N) is 1. The highest BCUT2D eigenvalue weighted by Crippen LogP contribution is 2.17. The van der Waals surface area contributed by atoms with Crippen LogP contribution < -0.4 is 5.32 Å². The van der Waals surface area contributed by atoms with Gasteiger partial charge in [0.15, 0.2) is 0 Å². The number of rotatable bonds is 0. The van der Waals surface area contributed by atoms with E-state index in [1.807, 2.05) is 0 Å². The Morgan fingerprint density at radius 2 is 2.09 bits per heavy atom. The predicted octanol–water partition coefficient (Wildman–Crippen LogP) is -0.133. The van der Waals surface area contributed by atoms with E-state index in [2.05, 4.69) is 15.0 Å². The molecule has 0 aromatic carbocycles. The van der Waals surface area contributed by atoms with E-state index in [0.717, 1.165) is 0 Å². The van der Waals surface area contributed by atoms with Gasteiger partial charge >= 0.3 is 0 Å². The summed E-state index contributed by atoms with van der Waals surface area (Å²) in [5.74, 6) is -0.915. The van der Waals surface area contributed by atoms with Gasteiger partial charge in [0.05, 0.1) is 5.69 Å². The lowest BCUT2D eigenvalue weighted by Crippen LogP contribution is -2.20. The molecule has 0 atom stereocenters. The van der Waals surface area contributed by atoms with Crippen molar-refractivity contribution >= 4 is 11.8 Å². The number of imide groups is 1. The minimum absolute atomic E-state index is 0.0208. The maximum atomic E-state index is 10.9. The molecule has 1 aliphatic heterocycles. The molecular weight excluding hydrogens is 148 g/mol. The van der Waals surface area contributed by atoms with Crippen molar-refractivity contribution in [3.05, 3.63) is 17.0 Å². The molecule has 5 nitrogen and oxygen atoms in total. The Labute approximate surface area is 61.4 Å². The van der Waals surface area contributed by atoms with Gasteiger partial charge in [-0.1, -0.05) is 5.16 Å². The van der Waals surface area contributed by atoms with Crippen molar-refractivity contribution in [1.82, 2.24) is 10.5 Å². The van der Waals surface area contributed by atoms with Crippen LogP contribution in [0.2, 0.25) is 0 Å². The molecule has 1 N–H and O–H groups in total. The van der Waals surface area contributed by atoms with Crippen LogP contribution in [0.15, 0.2) is 4.52 Å². The highest BCUT2D eigenvalue weighted by Gasteiger charge is 2.33. The predicted molar refractivity (Wildman–Crippen MR) is 33.0 cm³/mol. The molecule has 11 heavy (non-hydrogen) atoms. The Morgan fingerprint density at radius 1 is 1.36 bits per heavy atom. The van der Waals surface area contributed by atoms with Crippen LogP contribution in [0.1, 0.15) is 26.6 Å². The molecular formula is C6H4N2O3. The second kappa shape index (κ2) is 1.69. The lowest BCUT2D eigenvalue weighted by molar-refractivity contribution is 0.0862. The molecule has 0 fully saturated rings. The van der Waals surface area contributed by atoms with Gasteiger partial charge in [-0.05, 0) is 6.92 Å². The fourth-order valence-electron chi connectivity index (χ4n) is 1.01. The van der Waals surface area contributed by atoms with Gasteiger partial charge < -0.3 is 4.52 Å². The molecule has 0 aliphatic carbocycles. The van der Waals surface area contributed by atoms with Crippen molar-refractivity contribution in [2.45, 2.75) is 6.92 Å². The molecule has 0 unspecified atom stereocenters. The van der Waals surface area contributed by atoms with E-state index < -0.39 is 11.8 Å². The van der Waals surface area contributed by atoms with E-state index >= 15 is 0 Å². The summed E-state index contributed by atoms with van der Waals surface area (Å²) in [4.78, 5) is 21.7. The number of nitrogens with one attached hydrogen (secondary N) is 1. The third-order valence-electron chi connectivity index (χ3n) is 1.52. The lowest BCUT2D eigenvalue weighted by Gasteiger charge is -1.85. The monoisotopic (exact) mass is 152 g/mol. The number of carbonyl (C=O) groups excluding carboxylic acids is 2. The molecule has 56 valence electrons. The van der Waals surface area contributed by atoms with E-state index in [9.17, 15) is 9.59 Å². The zero-order valence-corrected chi connectivity index (χ0v) is 5.67. The number of aryl methyl sites for hydroxylation is 1. The zero-order valence-electron chi connectivity index (χ0n) is 5.67. The first kappa shape index (κ1) is 6.09. The van der Waals surface area contributed by atoms with E-state index in [4.69, 9.17) is 0 Å². The van der Waals surface area contributed by atoms with Crippen molar-refractivity contribution in [2.75, 3.05) is 0 Å². The van der Waals surface area contributed by atoms with Crippen LogP contribution in [0, 0.1) is 6.92 Å². The Kier molecular flexibility index (Phi) is 0.934. The summed E-state index contributed by atoms with van der Waals surface area (Å²) in [6, 6.07) is 0. The van der Waals surface area contributed by atoms with Crippen LogP contribution in [-0.2, 0) is 0 Å². The molecule has 2 amide bonds. The minimum atomic E-state index is -0.509. The summed E-state index contributed by atoms with van der Waals surface area (Å²) in [6.07, 6.45) is 0. The van der Waals surface area contributed by atoms with Crippen molar-refractivity contribution in [2.24, 2.45) is 0 Å². The van der Waals surface area contributed by atoms with Crippen LogP contribution >= 0.6 is 0 Å². The first-order valence-electron chi connectivity index (χ1n) is 3.02. The Morgan fingerprint density at radius 3 is 2.73 bits per heavy atom. The molecule has 0 saturated heterocycles. The maximum Gasteiger partial charge on any atom is 0.297 e. The van der Waals surface area contributed by atoms with E-state index in [1.54, 1.807) is 6.92 Å². The van der Waals surface area contributed by atoms with Crippen LogP contribution in [0.25, 0.3) is 0 Å². The van der Waals surface area contributed by atoms with E-state index in [1.165, 1.54) is 0 Å². The van der Waals surface area contributed by atoms with Crippen molar-refractivity contribution in [1.29, 1.82) is 0 Å². The van der Waals surface area contributed by atoms with Gasteiger partial charge in [-0.3, -0.25) is 14.9 Å². The van der Waals surface area contributed by atoms with Crippen LogP contribution in [0.3, 0.4) is 0 Å². The standard InChI is InChI=1S/C6H4N2O3/c1-2-3-4(11-8-2)6(10)7-5(3)9/h1H3,(H,7,9,10). The summed E-state index contributed by atoms with van der Waals surface area (Å²) in [5.41, 5.74) is 0.707. The fraction of sp³-hybridized carbons (Fsp3) is 0.167. The summed E-state index contributed by atoms with van der Waals surface area (Å²) >= 11 is 0. The van der Waals surface area contributed by atoms with Gasteiger partial charge in [-0.25, -0.2) is 0 Å². The summed E-state index contributed by atoms with van der Waals surface area (Å²) in [7, 11) is 0. The Hall–Kier alpha value is -1.65. The van der Waals surface area contributed by atoms with E-state index in [0.29, 0.717) is 5.69 Å². The van der Waals surface area contributed by atoms with Gasteiger partial charge in [-0.15, -0.1) is 0 Å². The highest BCUT2D eigenvalue weighted by atomic mass is 16.5. The average Bonchev–Trinajstić information content (AvgIpc) is 2.41. The largest absolute Gasteiger partial charge is 0.350 e. The summed E-state index contributed by atoms with van der Waals surface area (Å²) in [5, 5.41) is 5.57. The lowest BCUT2D eigenvalue weighted by atomic mass is 10.2. The third kappa shape index (κ3) is 0.618. The molecule has 2 heterocycles. The van der Waals surface area contributed by atoms with Gasteiger partial charge in [0.1, 0.15) is 5.56 Å². The number of fused-ring (bicyclic) bond motifs is 1. The first-order valence-corrected chi connectivity index (χ1v) is 3.02. The first-order chi connectivity index (χ1) is 5.20. The molecule has 1 aromatic rings. The van der Waals surface area contributed by atoms with Gasteiger partial charge in [-0.2, -0.15) is 0 Å². The quantitative estimate of drug-likeness (QED) is 0.525. The molecule has 1 aliphatic rings. The summed E-state index contributed by atoms with van der Waals surface area (Å²) in [6.45, 7) is 1.61. The molecule has 0 bridgehead atoms. The van der Waals surface area contributed by atoms with Gasteiger partial charge in [0.25, 0.3) is 11.8 Å². The van der Waals surface area contributed by atoms with Crippen molar-refractivity contribution < 1.29 is 14.1 Å². The Bertz CT molecular complexity index is 353. The van der Waals surface area contributed by atoms with Gasteiger partial charge in [0, 0.05) is 0 Å². The normalized spacial score (nSPS) is 15.0. The molecule has 0 spiro atoms. The molecule has 5 heteroatoms. The highest BCUT2D eigenvalue weighted by molar-refractivity contribution is 6.20. The zero-order chi connectivity index (χ0) is 8.01. The maximum absolute atomic E-state index is 10.9. The minimum Gasteiger partial charge on any atom is -0.350 e. The topological polar surface area (TPSA) is 72.2 Å². The number of hydrogen-bond acceptors (Lipinski definition) is 4. The van der Waals surface area contributed by atoms with Crippen LogP contribution in [0.4, 0.5) is 0 Å². The van der Waals surface area contributed by atoms with Crippen LogP contribution in [-0.4, -0.2) is 17.0 Å². The number of hydrogen-bond donors (Lipinski definition) is 1.